The molecule has 9 nitrogen and oxygen atoms in total. The molecular weight excluding hydrogens is 424 g/mol. The number of ether oxygens (including phenoxy) is 1. The van der Waals surface area contributed by atoms with Crippen LogP contribution in [0.3, 0.4) is 0 Å². The number of hydrogen-bond acceptors (Lipinski definition) is 8. The van der Waals surface area contributed by atoms with Gasteiger partial charge in [0.25, 0.3) is 10.1 Å². The lowest BCUT2D eigenvalue weighted by Gasteiger charge is -2.27. The second kappa shape index (κ2) is 9.54. The Morgan fingerprint density at radius 3 is 2.13 bits per heavy atom. The van der Waals surface area contributed by atoms with Crippen molar-refractivity contribution in [2.24, 2.45) is 0 Å². The van der Waals surface area contributed by atoms with Crippen LogP contribution in [0.5, 0.6) is 5.75 Å². The molecular formula is C21H20N2O7S. The summed E-state index contributed by atoms with van der Waals surface area (Å²) in [5.74, 6) is -2.51. The Bertz CT molecular complexity index is 1160. The van der Waals surface area contributed by atoms with Crippen molar-refractivity contribution in [3.8, 4) is 5.75 Å². The maximum atomic E-state index is 12.4. The van der Waals surface area contributed by atoms with E-state index in [1.54, 1.807) is 24.3 Å². The second-order valence-corrected chi connectivity index (χ2v) is 8.29. The van der Waals surface area contributed by atoms with E-state index in [2.05, 4.69) is 10.2 Å². The average molecular weight is 444 g/mol. The van der Waals surface area contributed by atoms with Gasteiger partial charge in [0.15, 0.2) is 11.4 Å². The van der Waals surface area contributed by atoms with Crippen LogP contribution in [0, 0.1) is 0 Å². The number of aromatic hydroxyl groups is 1. The van der Waals surface area contributed by atoms with Crippen LogP contribution in [0.4, 0.5) is 0 Å². The predicted molar refractivity (Wildman–Crippen MR) is 111 cm³/mol. The zero-order chi connectivity index (χ0) is 22.4. The summed E-state index contributed by atoms with van der Waals surface area (Å²) in [5, 5.41) is 15.4. The molecule has 3 rings (SSSR count). The third kappa shape index (κ3) is 5.77. The van der Waals surface area contributed by atoms with Gasteiger partial charge in [-0.2, -0.15) is 13.5 Å². The largest absolute Gasteiger partial charge is 0.502 e. The second-order valence-electron chi connectivity index (χ2n) is 6.69. The van der Waals surface area contributed by atoms with Gasteiger partial charge in [-0.25, -0.2) is 4.79 Å². The highest BCUT2D eigenvalue weighted by atomic mass is 32.2. The molecule has 162 valence electrons. The number of aromatic nitrogens is 2. The fraction of sp³-hybridized carbons (Fsp3) is 0.190. The quantitative estimate of drug-likeness (QED) is 0.397. The summed E-state index contributed by atoms with van der Waals surface area (Å²) in [5.41, 5.74) is 0.0923. The smallest absolute Gasteiger partial charge is 0.360 e. The van der Waals surface area contributed by atoms with Crippen LogP contribution < -0.4 is 5.43 Å². The first-order chi connectivity index (χ1) is 14.8. The summed E-state index contributed by atoms with van der Waals surface area (Å²) >= 11 is 0. The molecule has 0 spiro atoms. The van der Waals surface area contributed by atoms with E-state index in [0.29, 0.717) is 0 Å². The third-order valence-electron chi connectivity index (χ3n) is 4.40. The number of H-pyrrole nitrogens is 1. The van der Waals surface area contributed by atoms with Gasteiger partial charge in [-0.05, 0) is 11.1 Å². The van der Waals surface area contributed by atoms with Gasteiger partial charge in [-0.3, -0.25) is 14.1 Å². The SMILES string of the molecule is CS(=O)(=O)OC(COC(=O)c1[nH]ncc(=O)c1O)C(c1ccccc1)c1ccccc1. The highest BCUT2D eigenvalue weighted by molar-refractivity contribution is 7.86. The van der Waals surface area contributed by atoms with E-state index in [9.17, 15) is 23.1 Å². The van der Waals surface area contributed by atoms with Crippen LogP contribution in [0.1, 0.15) is 27.5 Å². The molecule has 0 saturated carbocycles. The molecule has 0 bridgehead atoms. The lowest BCUT2D eigenvalue weighted by Crippen LogP contribution is -2.32. The molecule has 10 heteroatoms. The number of benzene rings is 2. The van der Waals surface area contributed by atoms with Crippen LogP contribution >= 0.6 is 0 Å². The molecule has 0 fully saturated rings. The molecule has 1 aromatic heterocycles. The van der Waals surface area contributed by atoms with Crippen LogP contribution in [-0.4, -0.2) is 48.7 Å². The van der Waals surface area contributed by atoms with Gasteiger partial charge >= 0.3 is 5.97 Å². The molecule has 1 unspecified atom stereocenters. The number of carbonyl (C=O) groups is 1. The number of carbonyl (C=O) groups excluding carboxylic acids is 1. The Labute approximate surface area is 178 Å². The van der Waals surface area contributed by atoms with Gasteiger partial charge in [0.1, 0.15) is 12.7 Å². The molecule has 0 radical (unpaired) electrons. The molecule has 2 N–H and O–H groups in total. The van der Waals surface area contributed by atoms with Crippen LogP contribution in [0.2, 0.25) is 0 Å². The Morgan fingerprint density at radius 2 is 1.61 bits per heavy atom. The van der Waals surface area contributed by atoms with Gasteiger partial charge in [-0.15, -0.1) is 0 Å². The van der Waals surface area contributed by atoms with Crippen LogP contribution in [0.25, 0.3) is 0 Å². The van der Waals surface area contributed by atoms with E-state index in [4.69, 9.17) is 8.92 Å². The molecule has 0 amide bonds. The minimum Gasteiger partial charge on any atom is -0.502 e. The van der Waals surface area contributed by atoms with Crippen molar-refractivity contribution in [2.75, 3.05) is 12.9 Å². The number of nitrogens with zero attached hydrogens (tertiary/aromatic N) is 1. The molecule has 0 aliphatic heterocycles. The topological polar surface area (TPSA) is 136 Å². The van der Waals surface area contributed by atoms with Crippen molar-refractivity contribution in [3.05, 3.63) is 93.9 Å². The van der Waals surface area contributed by atoms with Crippen molar-refractivity contribution in [1.82, 2.24) is 10.2 Å². The number of nitrogens with one attached hydrogen (secondary N) is 1. The lowest BCUT2D eigenvalue weighted by molar-refractivity contribution is 0.0284. The van der Waals surface area contributed by atoms with E-state index in [1.165, 1.54) is 0 Å². The summed E-state index contributed by atoms with van der Waals surface area (Å²) in [6.07, 6.45) is 0.594. The monoisotopic (exact) mass is 444 g/mol. The Morgan fingerprint density at radius 1 is 1.06 bits per heavy atom. The van der Waals surface area contributed by atoms with Gasteiger partial charge in [-0.1, -0.05) is 60.7 Å². The van der Waals surface area contributed by atoms with Crippen molar-refractivity contribution in [1.29, 1.82) is 0 Å². The number of rotatable bonds is 8. The van der Waals surface area contributed by atoms with Crippen molar-refractivity contribution >= 4 is 16.1 Å². The van der Waals surface area contributed by atoms with E-state index in [0.717, 1.165) is 23.6 Å². The molecule has 0 aliphatic rings. The average Bonchev–Trinajstić information content (AvgIpc) is 2.74. The molecule has 1 atom stereocenters. The minimum atomic E-state index is -3.92. The first-order valence-electron chi connectivity index (χ1n) is 9.18. The maximum Gasteiger partial charge on any atom is 0.360 e. The van der Waals surface area contributed by atoms with E-state index < -0.39 is 51.6 Å². The summed E-state index contributed by atoms with van der Waals surface area (Å²) in [6, 6.07) is 18.1. The number of aromatic amines is 1. The predicted octanol–water partition coefficient (Wildman–Crippen LogP) is 1.81. The first kappa shape index (κ1) is 22.2. The molecule has 0 saturated heterocycles. The summed E-state index contributed by atoms with van der Waals surface area (Å²) in [7, 11) is -3.92. The fourth-order valence-corrected chi connectivity index (χ4v) is 3.73. The highest BCUT2D eigenvalue weighted by Crippen LogP contribution is 2.31. The van der Waals surface area contributed by atoms with Crippen LogP contribution in [-0.2, 0) is 19.0 Å². The first-order valence-corrected chi connectivity index (χ1v) is 11.0. The normalized spacial score (nSPS) is 12.5. The zero-order valence-corrected chi connectivity index (χ0v) is 17.3. The Kier molecular flexibility index (Phi) is 6.83. The number of hydrogen-bond donors (Lipinski definition) is 2. The molecule has 1 heterocycles. The van der Waals surface area contributed by atoms with Crippen LogP contribution in [0.15, 0.2) is 71.7 Å². The lowest BCUT2D eigenvalue weighted by atomic mass is 9.87. The van der Waals surface area contributed by atoms with Crippen molar-refractivity contribution in [3.63, 3.8) is 0 Å². The highest BCUT2D eigenvalue weighted by Gasteiger charge is 2.31. The molecule has 3 aromatic rings. The molecule has 31 heavy (non-hydrogen) atoms. The summed E-state index contributed by atoms with van der Waals surface area (Å²) < 4.78 is 34.4. The fourth-order valence-electron chi connectivity index (χ4n) is 3.11. The van der Waals surface area contributed by atoms with Gasteiger partial charge in [0.05, 0.1) is 12.5 Å². The Balaban J connectivity index is 1.95. The zero-order valence-electron chi connectivity index (χ0n) is 16.5. The summed E-state index contributed by atoms with van der Waals surface area (Å²) in [4.78, 5) is 23.9. The summed E-state index contributed by atoms with van der Waals surface area (Å²) in [6.45, 7) is -0.475. The molecule has 2 aromatic carbocycles. The van der Waals surface area contributed by atoms with E-state index in [1.807, 2.05) is 36.4 Å². The van der Waals surface area contributed by atoms with Gasteiger partial charge < -0.3 is 9.84 Å². The maximum absolute atomic E-state index is 12.4. The number of esters is 1. The van der Waals surface area contributed by atoms with E-state index >= 15 is 0 Å². The Hall–Kier alpha value is -3.50. The minimum absolute atomic E-state index is 0.475. The third-order valence-corrected chi connectivity index (χ3v) is 5.00. The van der Waals surface area contributed by atoms with E-state index in [-0.39, 0.29) is 0 Å². The van der Waals surface area contributed by atoms with Crippen molar-refractivity contribution < 1.29 is 27.2 Å². The van der Waals surface area contributed by atoms with Crippen molar-refractivity contribution in [2.45, 2.75) is 12.0 Å². The van der Waals surface area contributed by atoms with Gasteiger partial charge in [0, 0.05) is 5.92 Å². The molecule has 0 aliphatic carbocycles. The van der Waals surface area contributed by atoms with Gasteiger partial charge in [0.2, 0.25) is 5.43 Å². The standard InChI is InChI=1S/C21H20N2O7S/c1-31(27,28)30-17(13-29-21(26)19-20(25)16(24)12-22-23-19)18(14-8-4-2-5-9-14)15-10-6-3-7-11-15/h2-12,17-18H,13H2,1H3,(H,22,25)(H,23,24).